The molecule has 0 aliphatic rings. The van der Waals surface area contributed by atoms with Crippen molar-refractivity contribution in [3.8, 4) is 0 Å². The van der Waals surface area contributed by atoms with Gasteiger partial charge < -0.3 is 5.43 Å². The normalized spacial score (nSPS) is 13.5. The zero-order valence-corrected chi connectivity index (χ0v) is 8.46. The number of hydrogen-bond acceptors (Lipinski definition) is 2. The molecule has 0 radical (unpaired) electrons. The molecule has 0 aromatic rings. The van der Waals surface area contributed by atoms with E-state index in [0.29, 0.717) is 5.84 Å². The Morgan fingerprint density at radius 3 is 2.54 bits per heavy atom. The van der Waals surface area contributed by atoms with E-state index in [4.69, 9.17) is 5.84 Å². The average Bonchev–Trinajstić information content (AvgIpc) is 2.14. The maximum absolute atomic E-state index is 5.23. The van der Waals surface area contributed by atoms with Gasteiger partial charge in [-0.2, -0.15) is 0 Å². The van der Waals surface area contributed by atoms with Gasteiger partial charge in [0.15, 0.2) is 0 Å². The smallest absolute Gasteiger partial charge is 0.135 e. The summed E-state index contributed by atoms with van der Waals surface area (Å²) in [5, 5.41) is 0. The number of allylic oxidation sites excluding steroid dienone is 4. The molecule has 72 valence electrons. The van der Waals surface area contributed by atoms with E-state index in [0.717, 1.165) is 11.1 Å². The number of rotatable bonds is 3. The van der Waals surface area contributed by atoms with Gasteiger partial charge >= 0.3 is 0 Å². The van der Waals surface area contributed by atoms with Crippen LogP contribution in [-0.2, 0) is 0 Å². The number of nitrogens with zero attached hydrogens (tertiary/aromatic N) is 1. The number of hydrazine groups is 1. The minimum absolute atomic E-state index is 0.642. The average molecular weight is 179 g/mol. The predicted molar refractivity (Wildman–Crippen MR) is 58.4 cm³/mol. The van der Waals surface area contributed by atoms with Crippen molar-refractivity contribution in [1.29, 1.82) is 0 Å². The first-order chi connectivity index (χ1) is 6.15. The summed E-state index contributed by atoms with van der Waals surface area (Å²) >= 11 is 0. The van der Waals surface area contributed by atoms with Crippen LogP contribution in [0.1, 0.15) is 13.8 Å². The molecule has 0 aliphatic heterocycles. The van der Waals surface area contributed by atoms with Crippen molar-refractivity contribution in [1.82, 2.24) is 5.43 Å². The molecule has 0 atom stereocenters. The number of amidine groups is 1. The summed E-state index contributed by atoms with van der Waals surface area (Å²) in [6.45, 7) is 7.80. The van der Waals surface area contributed by atoms with Gasteiger partial charge in [0, 0.05) is 7.05 Å². The molecular weight excluding hydrogens is 162 g/mol. The van der Waals surface area contributed by atoms with E-state index in [-0.39, 0.29) is 0 Å². The molecule has 0 saturated heterocycles. The van der Waals surface area contributed by atoms with Crippen molar-refractivity contribution in [2.24, 2.45) is 10.8 Å². The van der Waals surface area contributed by atoms with Gasteiger partial charge in [0.05, 0.1) is 0 Å². The monoisotopic (exact) mass is 179 g/mol. The van der Waals surface area contributed by atoms with Crippen LogP contribution < -0.4 is 11.3 Å². The van der Waals surface area contributed by atoms with Crippen LogP contribution in [0.2, 0.25) is 0 Å². The largest absolute Gasteiger partial charge is 0.309 e. The molecule has 3 N–H and O–H groups in total. The molecule has 0 saturated carbocycles. The van der Waals surface area contributed by atoms with E-state index < -0.39 is 0 Å². The minimum atomic E-state index is 0.642. The lowest BCUT2D eigenvalue weighted by Crippen LogP contribution is -2.28. The number of nitrogens with two attached hydrogens (primary N) is 1. The Bertz CT molecular complexity index is 259. The van der Waals surface area contributed by atoms with Crippen LogP contribution in [0.15, 0.2) is 40.9 Å². The SMILES string of the molecule is C=C(C=CC)/C(C)=C/C(=NC)NN. The molecule has 0 fully saturated rings. The standard InChI is InChI=1S/C10H17N3/c1-5-6-8(2)9(3)7-10(12-4)13-11/h5-7H,2,11H2,1,3-4H3,(H,12,13)/b6-5?,9-7+. The third kappa shape index (κ3) is 4.28. The van der Waals surface area contributed by atoms with E-state index in [1.165, 1.54) is 0 Å². The molecule has 0 amide bonds. The Kier molecular flexibility index (Phi) is 5.55. The molecule has 0 heterocycles. The second-order valence-electron chi connectivity index (χ2n) is 2.61. The van der Waals surface area contributed by atoms with Crippen LogP contribution in [0.4, 0.5) is 0 Å². The van der Waals surface area contributed by atoms with Gasteiger partial charge in [-0.1, -0.05) is 18.7 Å². The lowest BCUT2D eigenvalue weighted by molar-refractivity contribution is 1.02. The molecule has 0 aromatic carbocycles. The summed E-state index contributed by atoms with van der Waals surface area (Å²) < 4.78 is 0. The topological polar surface area (TPSA) is 50.4 Å². The number of nitrogens with one attached hydrogen (secondary N) is 1. The van der Waals surface area contributed by atoms with E-state index in [1.807, 2.05) is 32.1 Å². The van der Waals surface area contributed by atoms with E-state index in [1.54, 1.807) is 7.05 Å². The molecule has 3 nitrogen and oxygen atoms in total. The molecule has 0 rings (SSSR count). The van der Waals surface area contributed by atoms with Crippen molar-refractivity contribution in [3.05, 3.63) is 36.0 Å². The Balaban J connectivity index is 4.57. The fourth-order valence-electron chi connectivity index (χ4n) is 0.801. The summed E-state index contributed by atoms with van der Waals surface area (Å²) in [5.41, 5.74) is 4.48. The maximum Gasteiger partial charge on any atom is 0.135 e. The highest BCUT2D eigenvalue weighted by Gasteiger charge is 1.94. The molecule has 0 spiro atoms. The van der Waals surface area contributed by atoms with Gasteiger partial charge in [0.2, 0.25) is 0 Å². The van der Waals surface area contributed by atoms with Crippen molar-refractivity contribution in [2.45, 2.75) is 13.8 Å². The fourth-order valence-corrected chi connectivity index (χ4v) is 0.801. The van der Waals surface area contributed by atoms with Gasteiger partial charge in [-0.15, -0.1) is 0 Å². The predicted octanol–water partition coefficient (Wildman–Crippen LogP) is 1.56. The molecule has 0 bridgehead atoms. The Hall–Kier alpha value is -1.35. The zero-order valence-electron chi connectivity index (χ0n) is 8.46. The summed E-state index contributed by atoms with van der Waals surface area (Å²) in [4.78, 5) is 3.93. The first-order valence-corrected chi connectivity index (χ1v) is 4.09. The zero-order chi connectivity index (χ0) is 10.3. The highest BCUT2D eigenvalue weighted by atomic mass is 15.2. The fraction of sp³-hybridized carbons (Fsp3) is 0.300. The Morgan fingerprint density at radius 2 is 2.15 bits per heavy atom. The van der Waals surface area contributed by atoms with Crippen LogP contribution in [0.5, 0.6) is 0 Å². The van der Waals surface area contributed by atoms with Gasteiger partial charge in [-0.25, -0.2) is 5.84 Å². The quantitative estimate of drug-likeness (QED) is 0.227. The summed E-state index contributed by atoms with van der Waals surface area (Å²) in [6, 6.07) is 0. The van der Waals surface area contributed by atoms with Gasteiger partial charge in [0.25, 0.3) is 0 Å². The molecular formula is C10H17N3. The van der Waals surface area contributed by atoms with Crippen LogP contribution in [0, 0.1) is 0 Å². The van der Waals surface area contributed by atoms with E-state index in [9.17, 15) is 0 Å². The molecule has 0 unspecified atom stereocenters. The van der Waals surface area contributed by atoms with Crippen molar-refractivity contribution in [2.75, 3.05) is 7.05 Å². The minimum Gasteiger partial charge on any atom is -0.309 e. The third-order valence-corrected chi connectivity index (χ3v) is 1.62. The molecule has 3 heteroatoms. The van der Waals surface area contributed by atoms with Crippen LogP contribution in [-0.4, -0.2) is 12.9 Å². The number of hydrogen-bond donors (Lipinski definition) is 2. The number of aliphatic imine (C=N–C) groups is 1. The Morgan fingerprint density at radius 1 is 1.54 bits per heavy atom. The lowest BCUT2D eigenvalue weighted by atomic mass is 10.1. The highest BCUT2D eigenvalue weighted by molar-refractivity contribution is 5.93. The summed E-state index contributed by atoms with van der Waals surface area (Å²) in [6.07, 6.45) is 5.73. The van der Waals surface area contributed by atoms with Gasteiger partial charge in [-0.3, -0.25) is 4.99 Å². The van der Waals surface area contributed by atoms with E-state index in [2.05, 4.69) is 17.0 Å². The maximum atomic E-state index is 5.23. The second-order valence-corrected chi connectivity index (χ2v) is 2.61. The van der Waals surface area contributed by atoms with E-state index >= 15 is 0 Å². The lowest BCUT2D eigenvalue weighted by Gasteiger charge is -2.02. The summed E-state index contributed by atoms with van der Waals surface area (Å²) in [7, 11) is 1.68. The highest BCUT2D eigenvalue weighted by Crippen LogP contribution is 2.07. The van der Waals surface area contributed by atoms with Crippen LogP contribution in [0.25, 0.3) is 0 Å². The van der Waals surface area contributed by atoms with Crippen molar-refractivity contribution in [3.63, 3.8) is 0 Å². The third-order valence-electron chi connectivity index (χ3n) is 1.62. The first kappa shape index (κ1) is 11.6. The Labute approximate surface area is 79.7 Å². The molecule has 0 aliphatic carbocycles. The van der Waals surface area contributed by atoms with Crippen molar-refractivity contribution < 1.29 is 0 Å². The first-order valence-electron chi connectivity index (χ1n) is 4.09. The molecule has 13 heavy (non-hydrogen) atoms. The van der Waals surface area contributed by atoms with Crippen LogP contribution in [0.3, 0.4) is 0 Å². The van der Waals surface area contributed by atoms with Gasteiger partial charge in [-0.05, 0) is 31.1 Å². The second kappa shape index (κ2) is 6.20. The van der Waals surface area contributed by atoms with Crippen molar-refractivity contribution >= 4 is 5.84 Å². The summed E-state index contributed by atoms with van der Waals surface area (Å²) in [5.74, 6) is 5.87. The van der Waals surface area contributed by atoms with Crippen LogP contribution >= 0.6 is 0 Å². The molecule has 0 aromatic heterocycles. The van der Waals surface area contributed by atoms with Gasteiger partial charge in [0.1, 0.15) is 5.84 Å².